The van der Waals surface area contributed by atoms with Gasteiger partial charge in [-0.15, -0.1) is 0 Å². The maximum absolute atomic E-state index is 4.55. The summed E-state index contributed by atoms with van der Waals surface area (Å²) in [5.74, 6) is 0.740. The van der Waals surface area contributed by atoms with Gasteiger partial charge in [0.25, 0.3) is 0 Å². The third-order valence-corrected chi connectivity index (χ3v) is 4.62. The van der Waals surface area contributed by atoms with Crippen molar-refractivity contribution in [2.45, 2.75) is 51.9 Å². The molecule has 0 aliphatic heterocycles. The normalized spacial score (nSPS) is 10.8. The van der Waals surface area contributed by atoms with Crippen molar-refractivity contribution in [2.24, 2.45) is 0 Å². The summed E-state index contributed by atoms with van der Waals surface area (Å²) in [6.07, 6.45) is 14.7. The van der Waals surface area contributed by atoms with Crippen molar-refractivity contribution in [1.29, 1.82) is 0 Å². The molecule has 3 aromatic rings. The molecule has 2 heterocycles. The Morgan fingerprint density at radius 1 is 0.654 bits per heavy atom. The number of unbranched alkanes of at least 4 members (excludes halogenated alkanes) is 5. The lowest BCUT2D eigenvalue weighted by Crippen LogP contribution is -1.94. The van der Waals surface area contributed by atoms with Gasteiger partial charge in [-0.3, -0.25) is 4.98 Å². The van der Waals surface area contributed by atoms with Crippen LogP contribution in [0.3, 0.4) is 0 Å². The van der Waals surface area contributed by atoms with Gasteiger partial charge in [-0.2, -0.15) is 0 Å². The summed E-state index contributed by atoms with van der Waals surface area (Å²) >= 11 is 0. The van der Waals surface area contributed by atoms with E-state index in [0.29, 0.717) is 0 Å². The van der Waals surface area contributed by atoms with Gasteiger partial charge in [0.1, 0.15) is 0 Å². The Morgan fingerprint density at radius 2 is 1.38 bits per heavy atom. The molecule has 3 heteroatoms. The molecular weight excluding hydrogens is 318 g/mol. The lowest BCUT2D eigenvalue weighted by molar-refractivity contribution is 0.607. The van der Waals surface area contributed by atoms with Crippen LogP contribution in [-0.2, 0) is 6.42 Å². The van der Waals surface area contributed by atoms with E-state index in [4.69, 9.17) is 0 Å². The van der Waals surface area contributed by atoms with E-state index < -0.39 is 0 Å². The first-order chi connectivity index (χ1) is 12.9. The zero-order valence-electron chi connectivity index (χ0n) is 15.6. The number of pyridine rings is 1. The van der Waals surface area contributed by atoms with E-state index in [-0.39, 0.29) is 0 Å². The van der Waals surface area contributed by atoms with Crippen molar-refractivity contribution in [3.8, 4) is 22.6 Å². The van der Waals surface area contributed by atoms with E-state index in [9.17, 15) is 0 Å². The first kappa shape index (κ1) is 18.2. The fourth-order valence-electron chi connectivity index (χ4n) is 3.05. The van der Waals surface area contributed by atoms with Crippen molar-refractivity contribution in [2.75, 3.05) is 0 Å². The number of nitrogens with zero attached hydrogens (tertiary/aromatic N) is 3. The minimum atomic E-state index is 0.740. The summed E-state index contributed by atoms with van der Waals surface area (Å²) in [6, 6.07) is 14.3. The fourth-order valence-corrected chi connectivity index (χ4v) is 3.05. The van der Waals surface area contributed by atoms with Crippen LogP contribution in [0.1, 0.15) is 51.0 Å². The topological polar surface area (TPSA) is 38.7 Å². The Labute approximate surface area is 156 Å². The van der Waals surface area contributed by atoms with Crippen LogP contribution in [0.2, 0.25) is 0 Å². The van der Waals surface area contributed by atoms with E-state index in [2.05, 4.69) is 34.0 Å². The molecule has 0 spiro atoms. The van der Waals surface area contributed by atoms with Gasteiger partial charge in [0.05, 0.1) is 5.69 Å². The molecule has 0 amide bonds. The number of aryl methyl sites for hydroxylation is 1. The summed E-state index contributed by atoms with van der Waals surface area (Å²) in [6.45, 7) is 2.25. The maximum atomic E-state index is 4.55. The summed E-state index contributed by atoms with van der Waals surface area (Å²) in [7, 11) is 0. The number of benzene rings is 1. The Bertz CT molecular complexity index is 765. The highest BCUT2D eigenvalue weighted by atomic mass is 14.9. The lowest BCUT2D eigenvalue weighted by Gasteiger charge is -2.05. The molecule has 1 aromatic carbocycles. The second kappa shape index (κ2) is 9.81. The van der Waals surface area contributed by atoms with E-state index in [1.165, 1.54) is 44.1 Å². The highest BCUT2D eigenvalue weighted by molar-refractivity contribution is 5.62. The molecule has 0 unspecified atom stereocenters. The molecule has 0 radical (unpaired) electrons. The van der Waals surface area contributed by atoms with E-state index in [1.54, 1.807) is 0 Å². The van der Waals surface area contributed by atoms with Gasteiger partial charge in [0, 0.05) is 29.7 Å². The summed E-state index contributed by atoms with van der Waals surface area (Å²) in [4.78, 5) is 13.6. The molecule has 0 aliphatic carbocycles. The van der Waals surface area contributed by atoms with Gasteiger partial charge >= 0.3 is 0 Å². The third-order valence-electron chi connectivity index (χ3n) is 4.62. The molecule has 2 aromatic heterocycles. The van der Waals surface area contributed by atoms with Crippen LogP contribution in [0.15, 0.2) is 61.1 Å². The van der Waals surface area contributed by atoms with Gasteiger partial charge in [-0.25, -0.2) is 9.97 Å². The number of hydrogen-bond donors (Lipinski definition) is 0. The van der Waals surface area contributed by atoms with Crippen LogP contribution in [0.4, 0.5) is 0 Å². The molecule has 3 nitrogen and oxygen atoms in total. The molecule has 0 atom stereocenters. The molecule has 0 aliphatic rings. The van der Waals surface area contributed by atoms with Crippen LogP contribution in [0.25, 0.3) is 22.6 Å². The van der Waals surface area contributed by atoms with Gasteiger partial charge < -0.3 is 0 Å². The highest BCUT2D eigenvalue weighted by Crippen LogP contribution is 2.20. The Morgan fingerprint density at radius 3 is 2.08 bits per heavy atom. The summed E-state index contributed by atoms with van der Waals surface area (Å²) in [5, 5.41) is 0. The smallest absolute Gasteiger partial charge is 0.160 e. The molecule has 0 N–H and O–H groups in total. The van der Waals surface area contributed by atoms with Crippen LogP contribution < -0.4 is 0 Å². The molecule has 0 saturated carbocycles. The molecule has 3 rings (SSSR count). The quantitative estimate of drug-likeness (QED) is 0.439. The SMILES string of the molecule is CCCCCCCCc1cnc(-c2ccc(-c3ccccc3)nc2)nc1. The van der Waals surface area contributed by atoms with E-state index >= 15 is 0 Å². The first-order valence-electron chi connectivity index (χ1n) is 9.69. The standard InChI is InChI=1S/C23H27N3/c1-2-3-4-5-6-8-11-19-16-25-23(26-17-19)21-14-15-22(24-18-21)20-12-9-7-10-13-20/h7,9-10,12-18H,2-6,8,11H2,1H3. The Hall–Kier alpha value is -2.55. The molecule has 0 fully saturated rings. The molecular formula is C23H27N3. The summed E-state index contributed by atoms with van der Waals surface area (Å²) < 4.78 is 0. The molecule has 26 heavy (non-hydrogen) atoms. The highest BCUT2D eigenvalue weighted by Gasteiger charge is 2.04. The molecule has 0 saturated heterocycles. The van der Waals surface area contributed by atoms with Gasteiger partial charge in [-0.05, 0) is 30.5 Å². The zero-order chi connectivity index (χ0) is 18.0. The number of hydrogen-bond acceptors (Lipinski definition) is 3. The lowest BCUT2D eigenvalue weighted by atomic mass is 10.1. The van der Waals surface area contributed by atoms with E-state index in [1.807, 2.05) is 48.9 Å². The monoisotopic (exact) mass is 345 g/mol. The molecule has 0 bridgehead atoms. The minimum Gasteiger partial charge on any atom is -0.255 e. The largest absolute Gasteiger partial charge is 0.255 e. The first-order valence-corrected chi connectivity index (χ1v) is 9.69. The van der Waals surface area contributed by atoms with E-state index in [0.717, 1.165) is 29.1 Å². The van der Waals surface area contributed by atoms with Crippen LogP contribution in [0, 0.1) is 0 Å². The van der Waals surface area contributed by atoms with Crippen LogP contribution >= 0.6 is 0 Å². The maximum Gasteiger partial charge on any atom is 0.160 e. The Balaban J connectivity index is 1.55. The summed E-state index contributed by atoms with van der Waals surface area (Å²) in [5.41, 5.74) is 4.26. The predicted molar refractivity (Wildman–Crippen MR) is 108 cm³/mol. The average molecular weight is 345 g/mol. The van der Waals surface area contributed by atoms with Crippen molar-refractivity contribution in [3.63, 3.8) is 0 Å². The third kappa shape index (κ3) is 5.22. The second-order valence-corrected chi connectivity index (χ2v) is 6.73. The van der Waals surface area contributed by atoms with Crippen molar-refractivity contribution in [1.82, 2.24) is 15.0 Å². The predicted octanol–water partition coefficient (Wildman–Crippen LogP) is 6.11. The Kier molecular flexibility index (Phi) is 6.88. The average Bonchev–Trinajstić information content (AvgIpc) is 2.72. The number of aromatic nitrogens is 3. The minimum absolute atomic E-state index is 0.740. The zero-order valence-corrected chi connectivity index (χ0v) is 15.6. The van der Waals surface area contributed by atoms with Gasteiger partial charge in [-0.1, -0.05) is 69.4 Å². The number of rotatable bonds is 9. The van der Waals surface area contributed by atoms with Crippen LogP contribution in [-0.4, -0.2) is 15.0 Å². The van der Waals surface area contributed by atoms with Crippen LogP contribution in [0.5, 0.6) is 0 Å². The van der Waals surface area contributed by atoms with Gasteiger partial charge in [0.2, 0.25) is 0 Å². The molecule has 134 valence electrons. The fraction of sp³-hybridized carbons (Fsp3) is 0.348. The second-order valence-electron chi connectivity index (χ2n) is 6.73. The van der Waals surface area contributed by atoms with Crippen molar-refractivity contribution in [3.05, 3.63) is 66.6 Å². The van der Waals surface area contributed by atoms with Crippen molar-refractivity contribution < 1.29 is 0 Å². The van der Waals surface area contributed by atoms with Crippen molar-refractivity contribution >= 4 is 0 Å². The van der Waals surface area contributed by atoms with Gasteiger partial charge in [0.15, 0.2) is 5.82 Å².